The van der Waals surface area contributed by atoms with Gasteiger partial charge in [-0.3, -0.25) is 20.2 Å². The van der Waals surface area contributed by atoms with Crippen molar-refractivity contribution >= 4 is 23.1 Å². The van der Waals surface area contributed by atoms with Gasteiger partial charge in [-0.1, -0.05) is 12.1 Å². The Bertz CT molecular complexity index is 1120. The van der Waals surface area contributed by atoms with Gasteiger partial charge in [-0.2, -0.15) is 13.2 Å². The summed E-state index contributed by atoms with van der Waals surface area (Å²) in [7, 11) is 0. The van der Waals surface area contributed by atoms with Gasteiger partial charge in [0, 0.05) is 17.4 Å². The quantitative estimate of drug-likeness (QED) is 0.401. The molecule has 1 aromatic heterocycles. The minimum absolute atomic E-state index is 0.208. The molecular formula is C21H20F3N5O3. The summed E-state index contributed by atoms with van der Waals surface area (Å²) in [6, 6.07) is 8.61. The molecule has 3 aromatic rings. The highest BCUT2D eigenvalue weighted by atomic mass is 19.4. The molecule has 4 N–H and O–H groups in total. The average Bonchev–Trinajstić information content (AvgIpc) is 2.73. The van der Waals surface area contributed by atoms with Gasteiger partial charge in [-0.15, -0.1) is 5.23 Å². The van der Waals surface area contributed by atoms with Crippen LogP contribution in [0.4, 0.5) is 30.4 Å². The van der Waals surface area contributed by atoms with E-state index in [-0.39, 0.29) is 6.04 Å². The molecule has 32 heavy (non-hydrogen) atoms. The fourth-order valence-electron chi connectivity index (χ4n) is 2.95. The van der Waals surface area contributed by atoms with E-state index in [2.05, 4.69) is 20.6 Å². The first-order chi connectivity index (χ1) is 15.0. The summed E-state index contributed by atoms with van der Waals surface area (Å²) in [5.74, 6) is -0.275. The summed E-state index contributed by atoms with van der Waals surface area (Å²) in [6.07, 6.45) is -1.58. The molecule has 8 nitrogen and oxygen atoms in total. The van der Waals surface area contributed by atoms with E-state index in [1.165, 1.54) is 0 Å². The topological polar surface area (TPSA) is 111 Å². The summed E-state index contributed by atoms with van der Waals surface area (Å²) in [5.41, 5.74) is -0.314. The van der Waals surface area contributed by atoms with Gasteiger partial charge >= 0.3 is 6.18 Å². The van der Waals surface area contributed by atoms with Gasteiger partial charge in [0.05, 0.1) is 29.2 Å². The van der Waals surface area contributed by atoms with Crippen molar-refractivity contribution in [3.05, 3.63) is 77.2 Å². The number of anilines is 3. The SMILES string of the molecule is Cc1cncc(N[C@@H](C)c2cccc(NC(=O)c3cc(N(O)O)cc(C(F)(F)F)c3)c2)n1. The fourth-order valence-corrected chi connectivity index (χ4v) is 2.95. The molecule has 3 rings (SSSR count). The third kappa shape index (κ3) is 5.71. The maximum Gasteiger partial charge on any atom is 0.416 e. The van der Waals surface area contributed by atoms with Gasteiger partial charge < -0.3 is 10.6 Å². The number of alkyl halides is 3. The molecule has 0 aliphatic rings. The third-order valence-electron chi connectivity index (χ3n) is 4.50. The molecule has 0 bridgehead atoms. The van der Waals surface area contributed by atoms with E-state index < -0.39 is 34.1 Å². The Morgan fingerprint density at radius 3 is 2.53 bits per heavy atom. The molecule has 0 unspecified atom stereocenters. The highest BCUT2D eigenvalue weighted by molar-refractivity contribution is 6.05. The molecule has 0 aliphatic carbocycles. The van der Waals surface area contributed by atoms with Crippen LogP contribution < -0.4 is 15.9 Å². The predicted molar refractivity (Wildman–Crippen MR) is 111 cm³/mol. The zero-order chi connectivity index (χ0) is 23.5. The Morgan fingerprint density at radius 1 is 1.12 bits per heavy atom. The number of carbonyl (C=O) groups excluding carboxylic acids is 1. The predicted octanol–water partition coefficient (Wildman–Crippen LogP) is 4.81. The van der Waals surface area contributed by atoms with Gasteiger partial charge in [-0.25, -0.2) is 4.98 Å². The summed E-state index contributed by atoms with van der Waals surface area (Å²) in [4.78, 5) is 21.0. The van der Waals surface area contributed by atoms with Crippen molar-refractivity contribution in [2.24, 2.45) is 0 Å². The minimum atomic E-state index is -4.78. The maximum atomic E-state index is 13.1. The monoisotopic (exact) mass is 447 g/mol. The summed E-state index contributed by atoms with van der Waals surface area (Å²) in [5, 5.41) is 23.5. The molecule has 1 amide bonds. The zero-order valence-electron chi connectivity index (χ0n) is 17.1. The van der Waals surface area contributed by atoms with Gasteiger partial charge in [0.15, 0.2) is 0 Å². The number of rotatable bonds is 6. The van der Waals surface area contributed by atoms with Crippen molar-refractivity contribution in [2.75, 3.05) is 15.9 Å². The lowest BCUT2D eigenvalue weighted by atomic mass is 10.1. The molecule has 1 heterocycles. The second-order valence-corrected chi connectivity index (χ2v) is 7.05. The van der Waals surface area contributed by atoms with Crippen LogP contribution in [-0.4, -0.2) is 26.3 Å². The number of nitrogens with zero attached hydrogens (tertiary/aromatic N) is 3. The smallest absolute Gasteiger partial charge is 0.362 e. The molecule has 0 aliphatic heterocycles. The first-order valence-electron chi connectivity index (χ1n) is 9.39. The van der Waals surface area contributed by atoms with Crippen molar-refractivity contribution < 1.29 is 28.4 Å². The number of benzene rings is 2. The summed E-state index contributed by atoms with van der Waals surface area (Å²) >= 11 is 0. The molecule has 11 heteroatoms. The van der Waals surface area contributed by atoms with Gasteiger partial charge in [-0.05, 0) is 49.7 Å². The van der Waals surface area contributed by atoms with E-state index in [9.17, 15) is 18.0 Å². The van der Waals surface area contributed by atoms with E-state index in [1.807, 2.05) is 19.9 Å². The number of hydrogen-bond donors (Lipinski definition) is 4. The first-order valence-corrected chi connectivity index (χ1v) is 9.39. The van der Waals surface area contributed by atoms with Gasteiger partial charge in [0.1, 0.15) is 5.82 Å². The Kier molecular flexibility index (Phi) is 6.61. The number of halogens is 3. The Hall–Kier alpha value is -3.70. The van der Waals surface area contributed by atoms with E-state index in [0.29, 0.717) is 23.6 Å². The third-order valence-corrected chi connectivity index (χ3v) is 4.50. The standard InChI is InChI=1S/C21H20F3N5O3/c1-12-10-25-11-19(26-12)27-13(2)14-4-3-5-17(7-14)28-20(30)15-6-16(21(22,23)24)9-18(8-15)29(31)32/h3-11,13,31-32H,1-2H3,(H,26,27)(H,28,30)/t13-/m0/s1. The molecule has 0 saturated heterocycles. The second-order valence-electron chi connectivity index (χ2n) is 7.05. The minimum Gasteiger partial charge on any atom is -0.362 e. The van der Waals surface area contributed by atoms with Crippen LogP contribution in [0.2, 0.25) is 0 Å². The van der Waals surface area contributed by atoms with E-state index in [0.717, 1.165) is 17.3 Å². The van der Waals surface area contributed by atoms with Crippen molar-refractivity contribution in [1.29, 1.82) is 0 Å². The van der Waals surface area contributed by atoms with Crippen LogP contribution in [0.15, 0.2) is 54.9 Å². The molecule has 0 saturated carbocycles. The Balaban J connectivity index is 1.81. The van der Waals surface area contributed by atoms with Crippen LogP contribution in [0.3, 0.4) is 0 Å². The van der Waals surface area contributed by atoms with Crippen LogP contribution >= 0.6 is 0 Å². The van der Waals surface area contributed by atoms with Gasteiger partial charge in [0.25, 0.3) is 5.91 Å². The van der Waals surface area contributed by atoms with Crippen LogP contribution in [-0.2, 0) is 6.18 Å². The summed E-state index contributed by atoms with van der Waals surface area (Å²) in [6.45, 7) is 3.69. The molecule has 0 radical (unpaired) electrons. The van der Waals surface area contributed by atoms with E-state index in [4.69, 9.17) is 10.4 Å². The fraction of sp³-hybridized carbons (Fsp3) is 0.190. The van der Waals surface area contributed by atoms with Crippen molar-refractivity contribution in [2.45, 2.75) is 26.1 Å². The number of aryl methyl sites for hydroxylation is 1. The largest absolute Gasteiger partial charge is 0.416 e. The molecule has 1 atom stereocenters. The lowest BCUT2D eigenvalue weighted by Crippen LogP contribution is -2.18. The lowest BCUT2D eigenvalue weighted by Gasteiger charge is -2.17. The number of amides is 1. The molecule has 2 aromatic carbocycles. The molecule has 0 fully saturated rings. The maximum absolute atomic E-state index is 13.1. The number of aromatic nitrogens is 2. The zero-order valence-corrected chi connectivity index (χ0v) is 17.1. The Morgan fingerprint density at radius 2 is 1.88 bits per heavy atom. The highest BCUT2D eigenvalue weighted by Crippen LogP contribution is 2.33. The Labute approximate surface area is 181 Å². The van der Waals surface area contributed by atoms with Gasteiger partial charge in [0.2, 0.25) is 0 Å². The number of nitrogens with one attached hydrogen (secondary N) is 2. The van der Waals surface area contributed by atoms with E-state index in [1.54, 1.807) is 30.6 Å². The van der Waals surface area contributed by atoms with Crippen LogP contribution in [0.25, 0.3) is 0 Å². The lowest BCUT2D eigenvalue weighted by molar-refractivity contribution is -0.137. The average molecular weight is 447 g/mol. The van der Waals surface area contributed by atoms with Crippen molar-refractivity contribution in [1.82, 2.24) is 9.97 Å². The molecule has 168 valence electrons. The highest BCUT2D eigenvalue weighted by Gasteiger charge is 2.32. The molecule has 0 spiro atoms. The summed E-state index contributed by atoms with van der Waals surface area (Å²) < 4.78 is 39.4. The van der Waals surface area contributed by atoms with Crippen LogP contribution in [0.5, 0.6) is 0 Å². The van der Waals surface area contributed by atoms with E-state index >= 15 is 0 Å². The number of hydrogen-bond acceptors (Lipinski definition) is 7. The normalized spacial score (nSPS) is 12.2. The van der Waals surface area contributed by atoms with Crippen molar-refractivity contribution in [3.63, 3.8) is 0 Å². The second kappa shape index (κ2) is 9.20. The van der Waals surface area contributed by atoms with Crippen molar-refractivity contribution in [3.8, 4) is 0 Å². The number of carbonyl (C=O) groups is 1. The van der Waals surface area contributed by atoms with Crippen LogP contribution in [0.1, 0.15) is 40.1 Å². The molecular weight excluding hydrogens is 427 g/mol. The van der Waals surface area contributed by atoms with Crippen LogP contribution in [0, 0.1) is 6.92 Å². The first kappa shape index (κ1) is 23.0.